The van der Waals surface area contributed by atoms with Crippen molar-refractivity contribution in [2.24, 2.45) is 0 Å². The van der Waals surface area contributed by atoms with Crippen LogP contribution in [0.3, 0.4) is 0 Å². The lowest BCUT2D eigenvalue weighted by molar-refractivity contribution is 0.0314. The molecular formula is C23H35N5O3. The van der Waals surface area contributed by atoms with E-state index in [1.165, 1.54) is 0 Å². The monoisotopic (exact) mass is 429 g/mol. The summed E-state index contributed by atoms with van der Waals surface area (Å²) in [5.74, 6) is 3.15. The highest BCUT2D eigenvalue weighted by atomic mass is 16.5. The summed E-state index contributed by atoms with van der Waals surface area (Å²) in [6, 6.07) is 4.34. The Morgan fingerprint density at radius 1 is 1.16 bits per heavy atom. The number of aromatic nitrogens is 2. The van der Waals surface area contributed by atoms with Crippen LogP contribution < -0.4 is 10.6 Å². The van der Waals surface area contributed by atoms with E-state index in [2.05, 4.69) is 27.4 Å². The van der Waals surface area contributed by atoms with Gasteiger partial charge in [0.25, 0.3) is 0 Å². The van der Waals surface area contributed by atoms with Gasteiger partial charge in [-0.1, -0.05) is 13.3 Å². The number of aliphatic hydroxyl groups is 1. The Kier molecular flexibility index (Phi) is 7.77. The molecule has 0 radical (unpaired) electrons. The Morgan fingerprint density at radius 3 is 2.74 bits per heavy atom. The van der Waals surface area contributed by atoms with Gasteiger partial charge in [0.15, 0.2) is 0 Å². The van der Waals surface area contributed by atoms with Gasteiger partial charge in [-0.15, -0.1) is 0 Å². The van der Waals surface area contributed by atoms with Crippen molar-refractivity contribution in [3.8, 4) is 11.3 Å². The van der Waals surface area contributed by atoms with Crippen molar-refractivity contribution in [2.75, 3.05) is 43.5 Å². The molecule has 0 spiro atoms. The summed E-state index contributed by atoms with van der Waals surface area (Å²) in [4.78, 5) is 11.6. The Bertz CT molecular complexity index is 813. The van der Waals surface area contributed by atoms with Gasteiger partial charge in [0, 0.05) is 31.9 Å². The van der Waals surface area contributed by atoms with Crippen LogP contribution in [0, 0.1) is 0 Å². The van der Waals surface area contributed by atoms with Gasteiger partial charge in [-0.05, 0) is 44.2 Å². The number of morpholine rings is 1. The molecule has 2 aromatic heterocycles. The van der Waals surface area contributed by atoms with E-state index in [9.17, 15) is 5.11 Å². The third kappa shape index (κ3) is 6.18. The van der Waals surface area contributed by atoms with Crippen LogP contribution in [0.25, 0.3) is 11.3 Å². The van der Waals surface area contributed by atoms with Crippen LogP contribution in [0.2, 0.25) is 0 Å². The summed E-state index contributed by atoms with van der Waals surface area (Å²) in [6.45, 7) is 7.21. The lowest BCUT2D eigenvalue weighted by atomic mass is 9.93. The van der Waals surface area contributed by atoms with Crippen LogP contribution in [0.5, 0.6) is 0 Å². The minimum absolute atomic E-state index is 0.179. The Balaban J connectivity index is 1.50. The molecule has 0 aromatic carbocycles. The molecule has 3 N–H and O–H groups in total. The maximum atomic E-state index is 9.84. The van der Waals surface area contributed by atoms with Crippen molar-refractivity contribution in [3.63, 3.8) is 0 Å². The molecule has 8 heteroatoms. The maximum absolute atomic E-state index is 9.84. The third-order valence-electron chi connectivity index (χ3n) is 6.05. The van der Waals surface area contributed by atoms with Crippen LogP contribution in [-0.2, 0) is 11.3 Å². The lowest BCUT2D eigenvalue weighted by Gasteiger charge is -2.27. The molecule has 1 aliphatic carbocycles. The topological polar surface area (TPSA) is 95.7 Å². The molecule has 2 aromatic rings. The van der Waals surface area contributed by atoms with E-state index in [0.717, 1.165) is 101 Å². The second-order valence-electron chi connectivity index (χ2n) is 8.54. The number of hydrogen-bond acceptors (Lipinski definition) is 8. The number of rotatable bonds is 9. The minimum atomic E-state index is -0.179. The number of anilines is 2. The predicted octanol–water partition coefficient (Wildman–Crippen LogP) is 3.50. The summed E-state index contributed by atoms with van der Waals surface area (Å²) in [5, 5.41) is 16.8. The molecule has 0 amide bonds. The van der Waals surface area contributed by atoms with Gasteiger partial charge in [-0.25, -0.2) is 4.98 Å². The molecule has 0 unspecified atom stereocenters. The van der Waals surface area contributed by atoms with Crippen LogP contribution in [-0.4, -0.2) is 65.0 Å². The number of unbranched alkanes of at least 4 members (excludes halogenated alkanes) is 1. The van der Waals surface area contributed by atoms with Gasteiger partial charge >= 0.3 is 0 Å². The van der Waals surface area contributed by atoms with Crippen LogP contribution in [0.4, 0.5) is 11.8 Å². The van der Waals surface area contributed by atoms with Gasteiger partial charge in [-0.3, -0.25) is 4.90 Å². The fourth-order valence-corrected chi connectivity index (χ4v) is 4.14. The summed E-state index contributed by atoms with van der Waals surface area (Å²) in [6.07, 6.45) is 7.39. The van der Waals surface area contributed by atoms with E-state index < -0.39 is 0 Å². The molecule has 1 aliphatic heterocycles. The number of hydrogen-bond donors (Lipinski definition) is 3. The number of nitrogens with one attached hydrogen (secondary N) is 2. The molecule has 1 saturated carbocycles. The fraction of sp³-hybridized carbons (Fsp3) is 0.652. The molecule has 0 bridgehead atoms. The van der Waals surface area contributed by atoms with Gasteiger partial charge in [0.1, 0.15) is 17.3 Å². The summed E-state index contributed by atoms with van der Waals surface area (Å²) in [7, 11) is 0. The molecule has 2 fully saturated rings. The first kappa shape index (κ1) is 22.0. The van der Waals surface area contributed by atoms with Gasteiger partial charge in [0.05, 0.1) is 31.4 Å². The average Bonchev–Trinajstić information content (AvgIpc) is 3.24. The Labute approximate surface area is 184 Å². The van der Waals surface area contributed by atoms with E-state index in [1.54, 1.807) is 0 Å². The Hall–Kier alpha value is -2.16. The molecule has 1 saturated heterocycles. The highest BCUT2D eigenvalue weighted by molar-refractivity contribution is 5.72. The third-order valence-corrected chi connectivity index (χ3v) is 6.05. The largest absolute Gasteiger partial charge is 0.460 e. The molecule has 8 nitrogen and oxygen atoms in total. The van der Waals surface area contributed by atoms with Gasteiger partial charge in [0.2, 0.25) is 5.95 Å². The minimum Gasteiger partial charge on any atom is -0.460 e. The first-order valence-electron chi connectivity index (χ1n) is 11.7. The Morgan fingerprint density at radius 2 is 1.97 bits per heavy atom. The summed E-state index contributed by atoms with van der Waals surface area (Å²) in [5.41, 5.74) is 0.875. The van der Waals surface area contributed by atoms with E-state index in [-0.39, 0.29) is 6.10 Å². The fourth-order valence-electron chi connectivity index (χ4n) is 4.14. The van der Waals surface area contributed by atoms with Crippen LogP contribution in [0.15, 0.2) is 22.7 Å². The first-order valence-corrected chi connectivity index (χ1v) is 11.7. The maximum Gasteiger partial charge on any atom is 0.224 e. The number of nitrogens with zero attached hydrogens (tertiary/aromatic N) is 3. The molecule has 3 heterocycles. The lowest BCUT2D eigenvalue weighted by Crippen LogP contribution is -2.35. The van der Waals surface area contributed by atoms with E-state index in [4.69, 9.17) is 14.1 Å². The number of ether oxygens (including phenoxy) is 1. The standard InChI is InChI=1S/C23H35N5O3/c1-2-3-10-24-23-25-15-20(22(27-23)26-17-4-6-18(29)7-5-17)21-9-8-19(31-21)16-28-11-13-30-14-12-28/h8-9,15,17-18,29H,2-7,10-14,16H2,1H3,(H2,24,25,26,27)/t17-,18-. The SMILES string of the molecule is CCCCNc1ncc(-c2ccc(CN3CCOCC3)o2)c(N[C@H]2CC[C@H](O)CC2)n1. The van der Waals surface area contributed by atoms with Crippen LogP contribution >= 0.6 is 0 Å². The van der Waals surface area contributed by atoms with E-state index in [1.807, 2.05) is 18.3 Å². The average molecular weight is 430 g/mol. The van der Waals surface area contributed by atoms with Crippen molar-refractivity contribution >= 4 is 11.8 Å². The zero-order chi connectivity index (χ0) is 21.5. The quantitative estimate of drug-likeness (QED) is 0.522. The smallest absolute Gasteiger partial charge is 0.224 e. The summed E-state index contributed by atoms with van der Waals surface area (Å²) < 4.78 is 11.6. The molecule has 2 aliphatic rings. The van der Waals surface area contributed by atoms with Crippen molar-refractivity contribution in [1.29, 1.82) is 0 Å². The van der Waals surface area contributed by atoms with Crippen LogP contribution in [0.1, 0.15) is 51.2 Å². The zero-order valence-electron chi connectivity index (χ0n) is 18.5. The molecule has 0 atom stereocenters. The van der Waals surface area contributed by atoms with Crippen molar-refractivity contribution in [2.45, 2.75) is 64.1 Å². The molecule has 4 rings (SSSR count). The van der Waals surface area contributed by atoms with Gasteiger partial charge < -0.3 is 24.9 Å². The normalized spacial score (nSPS) is 22.4. The molecule has 31 heavy (non-hydrogen) atoms. The second-order valence-corrected chi connectivity index (χ2v) is 8.54. The molecular weight excluding hydrogens is 394 g/mol. The molecule has 170 valence electrons. The number of aliphatic hydroxyl groups excluding tert-OH is 1. The van der Waals surface area contributed by atoms with E-state index in [0.29, 0.717) is 12.0 Å². The van der Waals surface area contributed by atoms with Gasteiger partial charge in [-0.2, -0.15) is 4.98 Å². The highest BCUT2D eigenvalue weighted by Crippen LogP contribution is 2.31. The number of furan rings is 1. The highest BCUT2D eigenvalue weighted by Gasteiger charge is 2.22. The van der Waals surface area contributed by atoms with Crippen molar-refractivity contribution in [3.05, 3.63) is 24.1 Å². The van der Waals surface area contributed by atoms with Crippen molar-refractivity contribution in [1.82, 2.24) is 14.9 Å². The van der Waals surface area contributed by atoms with E-state index >= 15 is 0 Å². The second kappa shape index (κ2) is 10.9. The summed E-state index contributed by atoms with van der Waals surface area (Å²) >= 11 is 0. The predicted molar refractivity (Wildman–Crippen MR) is 121 cm³/mol. The first-order chi connectivity index (χ1) is 15.2. The van der Waals surface area contributed by atoms with Crippen molar-refractivity contribution < 1.29 is 14.3 Å². The zero-order valence-corrected chi connectivity index (χ0v) is 18.5.